The normalized spacial score (nSPS) is 11.1. The second-order valence-electron chi connectivity index (χ2n) is 5.11. The third-order valence-electron chi connectivity index (χ3n) is 2.68. The Morgan fingerprint density at radius 2 is 1.94 bits per heavy atom. The molecule has 1 aromatic carbocycles. The summed E-state index contributed by atoms with van der Waals surface area (Å²) in [6.07, 6.45) is 0. The van der Waals surface area contributed by atoms with Crippen LogP contribution in [0.5, 0.6) is 0 Å². The SMILES string of the molecule is CC(C)CN(c1ccc(Cl)cc1C(=O)O)C(C)C. The number of carboxylic acids is 1. The number of anilines is 1. The molecule has 0 bridgehead atoms. The standard InChI is InChI=1S/C14H20ClNO2/c1-9(2)8-16(10(3)4)13-6-5-11(15)7-12(13)14(17)18/h5-7,9-10H,8H2,1-4H3,(H,17,18). The van der Waals surface area contributed by atoms with Gasteiger partial charge >= 0.3 is 5.97 Å². The minimum atomic E-state index is -0.943. The third kappa shape index (κ3) is 3.64. The van der Waals surface area contributed by atoms with Crippen molar-refractivity contribution in [2.45, 2.75) is 33.7 Å². The van der Waals surface area contributed by atoms with Crippen molar-refractivity contribution < 1.29 is 9.90 Å². The molecule has 3 nitrogen and oxygen atoms in total. The maximum atomic E-state index is 11.3. The molecule has 0 aliphatic carbocycles. The summed E-state index contributed by atoms with van der Waals surface area (Å²) in [5.74, 6) is -0.480. The highest BCUT2D eigenvalue weighted by Gasteiger charge is 2.19. The Morgan fingerprint density at radius 3 is 2.39 bits per heavy atom. The zero-order chi connectivity index (χ0) is 13.9. The van der Waals surface area contributed by atoms with Gasteiger partial charge in [-0.1, -0.05) is 25.4 Å². The molecule has 0 saturated carbocycles. The molecule has 0 aliphatic rings. The second kappa shape index (κ2) is 6.10. The molecule has 0 radical (unpaired) electrons. The molecule has 18 heavy (non-hydrogen) atoms. The van der Waals surface area contributed by atoms with Gasteiger partial charge in [0, 0.05) is 17.6 Å². The highest BCUT2D eigenvalue weighted by atomic mass is 35.5. The molecule has 1 rings (SSSR count). The molecule has 0 heterocycles. The first-order chi connectivity index (χ1) is 8.32. The lowest BCUT2D eigenvalue weighted by Crippen LogP contribution is -2.35. The van der Waals surface area contributed by atoms with Crippen LogP contribution in [-0.2, 0) is 0 Å². The molecule has 0 aromatic heterocycles. The van der Waals surface area contributed by atoms with Crippen molar-refractivity contribution in [3.05, 3.63) is 28.8 Å². The number of halogens is 1. The van der Waals surface area contributed by atoms with E-state index in [0.717, 1.165) is 12.2 Å². The van der Waals surface area contributed by atoms with Gasteiger partial charge in [-0.15, -0.1) is 0 Å². The lowest BCUT2D eigenvalue weighted by molar-refractivity contribution is 0.0697. The van der Waals surface area contributed by atoms with E-state index in [1.54, 1.807) is 12.1 Å². The average molecular weight is 270 g/mol. The monoisotopic (exact) mass is 269 g/mol. The first-order valence-corrected chi connectivity index (χ1v) is 6.50. The number of carbonyl (C=O) groups is 1. The summed E-state index contributed by atoms with van der Waals surface area (Å²) in [6.45, 7) is 9.17. The van der Waals surface area contributed by atoms with E-state index >= 15 is 0 Å². The van der Waals surface area contributed by atoms with Gasteiger partial charge in [0.05, 0.1) is 11.3 Å². The van der Waals surface area contributed by atoms with Gasteiger partial charge in [-0.05, 0) is 38.0 Å². The quantitative estimate of drug-likeness (QED) is 0.881. The molecule has 100 valence electrons. The number of aromatic carboxylic acids is 1. The van der Waals surface area contributed by atoms with Crippen LogP contribution >= 0.6 is 11.6 Å². The Bertz CT molecular complexity index is 430. The fourth-order valence-electron chi connectivity index (χ4n) is 1.91. The van der Waals surface area contributed by atoms with Gasteiger partial charge < -0.3 is 10.0 Å². The summed E-state index contributed by atoms with van der Waals surface area (Å²) in [5.41, 5.74) is 0.993. The predicted octanol–water partition coefficient (Wildman–Crippen LogP) is 3.91. The first kappa shape index (κ1) is 14.8. The van der Waals surface area contributed by atoms with E-state index in [2.05, 4.69) is 32.6 Å². The number of hydrogen-bond donors (Lipinski definition) is 1. The van der Waals surface area contributed by atoms with Crippen molar-refractivity contribution >= 4 is 23.3 Å². The van der Waals surface area contributed by atoms with E-state index in [4.69, 9.17) is 11.6 Å². The fraction of sp³-hybridized carbons (Fsp3) is 0.500. The molecule has 0 spiro atoms. The van der Waals surface area contributed by atoms with Crippen LogP contribution in [0.3, 0.4) is 0 Å². The van der Waals surface area contributed by atoms with E-state index in [1.165, 1.54) is 6.07 Å². The molecule has 1 aromatic rings. The molecule has 0 fully saturated rings. The molecule has 0 atom stereocenters. The van der Waals surface area contributed by atoms with E-state index in [9.17, 15) is 9.90 Å². The Hall–Kier alpha value is -1.22. The summed E-state index contributed by atoms with van der Waals surface area (Å²) >= 11 is 5.87. The molecule has 0 aliphatic heterocycles. The molecule has 0 unspecified atom stereocenters. The largest absolute Gasteiger partial charge is 0.478 e. The van der Waals surface area contributed by atoms with Gasteiger partial charge in [-0.2, -0.15) is 0 Å². The Kier molecular flexibility index (Phi) is 5.03. The number of nitrogens with zero attached hydrogens (tertiary/aromatic N) is 1. The second-order valence-corrected chi connectivity index (χ2v) is 5.54. The molecule has 4 heteroatoms. The van der Waals surface area contributed by atoms with Crippen LogP contribution in [0.1, 0.15) is 38.1 Å². The zero-order valence-electron chi connectivity index (χ0n) is 11.3. The van der Waals surface area contributed by atoms with Crippen LogP contribution in [0, 0.1) is 5.92 Å². The Morgan fingerprint density at radius 1 is 1.33 bits per heavy atom. The molecular weight excluding hydrogens is 250 g/mol. The summed E-state index contributed by atoms with van der Waals surface area (Å²) < 4.78 is 0. The van der Waals surface area contributed by atoms with Crippen molar-refractivity contribution in [1.82, 2.24) is 0 Å². The number of carboxylic acid groups (broad SMARTS) is 1. The molecule has 0 saturated heterocycles. The summed E-state index contributed by atoms with van der Waals surface area (Å²) in [7, 11) is 0. The van der Waals surface area contributed by atoms with Gasteiger partial charge in [0.25, 0.3) is 0 Å². The van der Waals surface area contributed by atoms with Crippen LogP contribution in [-0.4, -0.2) is 23.7 Å². The van der Waals surface area contributed by atoms with Crippen LogP contribution < -0.4 is 4.90 Å². The summed E-state index contributed by atoms with van der Waals surface area (Å²) in [4.78, 5) is 13.4. The van der Waals surface area contributed by atoms with Crippen molar-refractivity contribution in [3.8, 4) is 0 Å². The fourth-order valence-corrected chi connectivity index (χ4v) is 2.08. The van der Waals surface area contributed by atoms with Gasteiger partial charge in [0.2, 0.25) is 0 Å². The van der Waals surface area contributed by atoms with Crippen molar-refractivity contribution in [2.75, 3.05) is 11.4 Å². The number of rotatable bonds is 5. The van der Waals surface area contributed by atoms with Crippen LogP contribution in [0.2, 0.25) is 5.02 Å². The predicted molar refractivity (Wildman–Crippen MR) is 75.7 cm³/mol. The first-order valence-electron chi connectivity index (χ1n) is 6.12. The summed E-state index contributed by atoms with van der Waals surface area (Å²) in [6, 6.07) is 5.27. The van der Waals surface area contributed by atoms with Gasteiger partial charge in [-0.3, -0.25) is 0 Å². The zero-order valence-corrected chi connectivity index (χ0v) is 12.0. The van der Waals surface area contributed by atoms with E-state index in [0.29, 0.717) is 10.9 Å². The van der Waals surface area contributed by atoms with E-state index in [1.807, 2.05) is 0 Å². The number of benzene rings is 1. The van der Waals surface area contributed by atoms with Crippen LogP contribution in [0.4, 0.5) is 5.69 Å². The minimum Gasteiger partial charge on any atom is -0.478 e. The smallest absolute Gasteiger partial charge is 0.337 e. The van der Waals surface area contributed by atoms with E-state index < -0.39 is 5.97 Å². The van der Waals surface area contributed by atoms with Gasteiger partial charge in [0.1, 0.15) is 0 Å². The minimum absolute atomic E-state index is 0.242. The highest BCUT2D eigenvalue weighted by molar-refractivity contribution is 6.31. The maximum absolute atomic E-state index is 11.3. The van der Waals surface area contributed by atoms with Crippen molar-refractivity contribution in [1.29, 1.82) is 0 Å². The lowest BCUT2D eigenvalue weighted by Gasteiger charge is -2.31. The Labute approximate surface area is 113 Å². The third-order valence-corrected chi connectivity index (χ3v) is 2.92. The number of hydrogen-bond acceptors (Lipinski definition) is 2. The van der Waals surface area contributed by atoms with E-state index in [-0.39, 0.29) is 11.6 Å². The molecule has 1 N–H and O–H groups in total. The molecular formula is C14H20ClNO2. The van der Waals surface area contributed by atoms with Crippen molar-refractivity contribution in [3.63, 3.8) is 0 Å². The topological polar surface area (TPSA) is 40.5 Å². The highest BCUT2D eigenvalue weighted by Crippen LogP contribution is 2.26. The average Bonchev–Trinajstić information content (AvgIpc) is 2.25. The molecule has 0 amide bonds. The summed E-state index contributed by atoms with van der Waals surface area (Å²) in [5, 5.41) is 9.72. The van der Waals surface area contributed by atoms with Gasteiger partial charge in [-0.25, -0.2) is 4.79 Å². The maximum Gasteiger partial charge on any atom is 0.337 e. The van der Waals surface area contributed by atoms with Crippen LogP contribution in [0.15, 0.2) is 18.2 Å². The Balaban J connectivity index is 3.22. The van der Waals surface area contributed by atoms with Crippen LogP contribution in [0.25, 0.3) is 0 Å². The lowest BCUT2D eigenvalue weighted by atomic mass is 10.1. The van der Waals surface area contributed by atoms with Crippen molar-refractivity contribution in [2.24, 2.45) is 5.92 Å². The van der Waals surface area contributed by atoms with Gasteiger partial charge in [0.15, 0.2) is 0 Å².